The van der Waals surface area contributed by atoms with Crippen molar-refractivity contribution in [1.29, 1.82) is 0 Å². The monoisotopic (exact) mass is 301 g/mol. The third kappa shape index (κ3) is 5.17. The van der Waals surface area contributed by atoms with Gasteiger partial charge in [0.15, 0.2) is 0 Å². The molecule has 2 rings (SSSR count). The Bertz CT molecular complexity index is 469. The summed E-state index contributed by atoms with van der Waals surface area (Å²) in [5.74, 6) is 1.94. The molecule has 0 saturated carbocycles. The predicted octanol–water partition coefficient (Wildman–Crippen LogP) is 4.61. The van der Waals surface area contributed by atoms with E-state index >= 15 is 0 Å². The van der Waals surface area contributed by atoms with E-state index in [1.165, 1.54) is 50.0 Å². The molecule has 0 unspecified atom stereocenters. The number of benzene rings is 1. The second-order valence-corrected chi connectivity index (χ2v) is 6.66. The highest BCUT2D eigenvalue weighted by molar-refractivity contribution is 5.41. The summed E-state index contributed by atoms with van der Waals surface area (Å²) in [6, 6.07) is 6.36. The molecule has 1 fully saturated rings. The number of hydrogen-bond donors (Lipinski definition) is 0. The Morgan fingerprint density at radius 2 is 2.23 bits per heavy atom. The van der Waals surface area contributed by atoms with Gasteiger partial charge in [-0.3, -0.25) is 0 Å². The first kappa shape index (κ1) is 17.1. The minimum absolute atomic E-state index is 0.818. The molecule has 1 aliphatic heterocycles. The first-order valence-electron chi connectivity index (χ1n) is 8.75. The maximum absolute atomic E-state index is 6.06. The molecule has 1 aromatic rings. The van der Waals surface area contributed by atoms with Gasteiger partial charge in [-0.25, -0.2) is 0 Å². The molecule has 1 atom stereocenters. The van der Waals surface area contributed by atoms with Gasteiger partial charge in [-0.15, -0.1) is 6.58 Å². The van der Waals surface area contributed by atoms with Crippen molar-refractivity contribution in [2.24, 2.45) is 5.92 Å². The third-order valence-corrected chi connectivity index (χ3v) is 4.51. The van der Waals surface area contributed by atoms with Gasteiger partial charge in [-0.2, -0.15) is 0 Å². The van der Waals surface area contributed by atoms with Crippen molar-refractivity contribution in [3.8, 4) is 5.75 Å². The summed E-state index contributed by atoms with van der Waals surface area (Å²) in [5, 5.41) is 0. The Morgan fingerprint density at radius 3 is 3.00 bits per heavy atom. The molecule has 0 aliphatic carbocycles. The van der Waals surface area contributed by atoms with Crippen LogP contribution < -0.4 is 4.74 Å². The van der Waals surface area contributed by atoms with Crippen molar-refractivity contribution < 1.29 is 4.74 Å². The summed E-state index contributed by atoms with van der Waals surface area (Å²) in [4.78, 5) is 2.62. The van der Waals surface area contributed by atoms with E-state index in [-0.39, 0.29) is 0 Å². The molecule has 122 valence electrons. The largest absolute Gasteiger partial charge is 0.493 e. The van der Waals surface area contributed by atoms with Crippen LogP contribution >= 0.6 is 0 Å². The number of piperidine rings is 1. The van der Waals surface area contributed by atoms with Gasteiger partial charge >= 0.3 is 0 Å². The van der Waals surface area contributed by atoms with Crippen LogP contribution in [0, 0.1) is 12.8 Å². The number of unbranched alkanes of at least 4 members (excludes halogenated alkanes) is 1. The van der Waals surface area contributed by atoms with Crippen LogP contribution in [0.4, 0.5) is 0 Å². The lowest BCUT2D eigenvalue weighted by Gasteiger charge is -2.30. The summed E-state index contributed by atoms with van der Waals surface area (Å²) < 4.78 is 6.06. The molecule has 0 amide bonds. The molecule has 22 heavy (non-hydrogen) atoms. The zero-order valence-electron chi connectivity index (χ0n) is 14.3. The van der Waals surface area contributed by atoms with E-state index in [1.807, 2.05) is 6.08 Å². The van der Waals surface area contributed by atoms with Crippen LogP contribution in [-0.4, -0.2) is 31.1 Å². The molecule has 1 aromatic carbocycles. The highest BCUT2D eigenvalue weighted by Gasteiger charge is 2.15. The minimum atomic E-state index is 0.818. The van der Waals surface area contributed by atoms with Crippen LogP contribution in [0.5, 0.6) is 5.75 Å². The van der Waals surface area contributed by atoms with Crippen LogP contribution in [-0.2, 0) is 6.42 Å². The van der Waals surface area contributed by atoms with E-state index in [1.54, 1.807) is 0 Å². The highest BCUT2D eigenvalue weighted by Crippen LogP contribution is 2.24. The Kier molecular flexibility index (Phi) is 6.98. The van der Waals surface area contributed by atoms with E-state index in [0.29, 0.717) is 0 Å². The molecular formula is C20H31NO. The topological polar surface area (TPSA) is 12.5 Å². The predicted molar refractivity (Wildman–Crippen MR) is 94.6 cm³/mol. The van der Waals surface area contributed by atoms with Crippen LogP contribution in [0.3, 0.4) is 0 Å². The van der Waals surface area contributed by atoms with Gasteiger partial charge in [0.25, 0.3) is 0 Å². The Morgan fingerprint density at radius 1 is 1.36 bits per heavy atom. The van der Waals surface area contributed by atoms with Gasteiger partial charge in [0.05, 0.1) is 6.61 Å². The van der Waals surface area contributed by atoms with Gasteiger partial charge in [-0.1, -0.05) is 31.2 Å². The third-order valence-electron chi connectivity index (χ3n) is 4.51. The minimum Gasteiger partial charge on any atom is -0.493 e. The fraction of sp³-hybridized carbons (Fsp3) is 0.600. The number of ether oxygens (including phenoxy) is 1. The van der Waals surface area contributed by atoms with E-state index < -0.39 is 0 Å². The summed E-state index contributed by atoms with van der Waals surface area (Å²) >= 11 is 0. The molecule has 1 heterocycles. The van der Waals surface area contributed by atoms with E-state index in [2.05, 4.69) is 43.5 Å². The fourth-order valence-electron chi connectivity index (χ4n) is 3.34. The van der Waals surface area contributed by atoms with Gasteiger partial charge < -0.3 is 9.64 Å². The van der Waals surface area contributed by atoms with Gasteiger partial charge in [-0.05, 0) is 69.2 Å². The second-order valence-electron chi connectivity index (χ2n) is 6.66. The molecular weight excluding hydrogens is 270 g/mol. The molecule has 0 N–H and O–H groups in total. The van der Waals surface area contributed by atoms with Crippen molar-refractivity contribution in [3.63, 3.8) is 0 Å². The maximum atomic E-state index is 6.06. The number of para-hydroxylation sites is 1. The molecule has 0 spiro atoms. The highest BCUT2D eigenvalue weighted by atomic mass is 16.5. The van der Waals surface area contributed by atoms with Crippen LogP contribution in [0.15, 0.2) is 30.9 Å². The fourth-order valence-corrected chi connectivity index (χ4v) is 3.34. The number of hydrogen-bond acceptors (Lipinski definition) is 2. The van der Waals surface area contributed by atoms with Gasteiger partial charge in [0.1, 0.15) is 5.75 Å². The molecule has 1 saturated heterocycles. The number of allylic oxidation sites excluding steroid dienone is 1. The van der Waals surface area contributed by atoms with Crippen molar-refractivity contribution >= 4 is 0 Å². The van der Waals surface area contributed by atoms with E-state index in [4.69, 9.17) is 4.74 Å². The lowest BCUT2D eigenvalue weighted by atomic mass is 10.0. The molecule has 1 aliphatic rings. The Balaban J connectivity index is 1.71. The van der Waals surface area contributed by atoms with Crippen molar-refractivity contribution in [3.05, 3.63) is 42.0 Å². The lowest BCUT2D eigenvalue weighted by Crippen LogP contribution is -2.35. The maximum Gasteiger partial charge on any atom is 0.125 e. The number of aryl methyl sites for hydroxylation is 1. The zero-order valence-corrected chi connectivity index (χ0v) is 14.3. The summed E-state index contributed by atoms with van der Waals surface area (Å²) in [5.41, 5.74) is 2.48. The van der Waals surface area contributed by atoms with Gasteiger partial charge in [0.2, 0.25) is 0 Å². The standard InChI is InChI=1S/C20H31NO/c1-4-9-19-12-7-11-18(3)20(19)22-15-6-5-13-21-14-8-10-17(2)16-21/h4,7,11-12,17H,1,5-6,8-10,13-16H2,2-3H3/t17-/m0/s1. The van der Waals surface area contributed by atoms with E-state index in [0.717, 1.165) is 31.1 Å². The summed E-state index contributed by atoms with van der Waals surface area (Å²) in [6.45, 7) is 12.9. The molecule has 2 nitrogen and oxygen atoms in total. The Labute approximate surface area is 136 Å². The van der Waals surface area contributed by atoms with Crippen LogP contribution in [0.1, 0.15) is 43.7 Å². The van der Waals surface area contributed by atoms with Crippen molar-refractivity contribution in [1.82, 2.24) is 4.90 Å². The van der Waals surface area contributed by atoms with Gasteiger partial charge in [0, 0.05) is 6.54 Å². The number of likely N-dealkylation sites (tertiary alicyclic amines) is 1. The Hall–Kier alpha value is -1.28. The quantitative estimate of drug-likeness (QED) is 0.513. The van der Waals surface area contributed by atoms with Crippen LogP contribution in [0.25, 0.3) is 0 Å². The number of nitrogens with zero attached hydrogens (tertiary/aromatic N) is 1. The van der Waals surface area contributed by atoms with Crippen molar-refractivity contribution in [2.75, 3.05) is 26.2 Å². The lowest BCUT2D eigenvalue weighted by molar-refractivity contribution is 0.176. The van der Waals surface area contributed by atoms with Crippen LogP contribution in [0.2, 0.25) is 0 Å². The van der Waals surface area contributed by atoms with Crippen molar-refractivity contribution in [2.45, 2.75) is 46.0 Å². The summed E-state index contributed by atoms with van der Waals surface area (Å²) in [6.07, 6.45) is 7.95. The molecule has 0 aromatic heterocycles. The zero-order chi connectivity index (χ0) is 15.8. The number of rotatable bonds is 8. The SMILES string of the molecule is C=CCc1cccc(C)c1OCCCCN1CCC[C@H](C)C1. The smallest absolute Gasteiger partial charge is 0.125 e. The molecule has 0 bridgehead atoms. The van der Waals surface area contributed by atoms with E-state index in [9.17, 15) is 0 Å². The first-order valence-corrected chi connectivity index (χ1v) is 8.75. The normalized spacial score (nSPS) is 19.1. The second kappa shape index (κ2) is 8.99. The molecule has 0 radical (unpaired) electrons. The average molecular weight is 301 g/mol. The average Bonchev–Trinajstić information content (AvgIpc) is 2.50. The molecule has 2 heteroatoms. The summed E-state index contributed by atoms with van der Waals surface area (Å²) in [7, 11) is 0. The first-order chi connectivity index (χ1) is 10.7.